The molecule has 0 saturated heterocycles. The van der Waals surface area contributed by atoms with E-state index in [4.69, 9.17) is 4.74 Å². The first-order valence-electron chi connectivity index (χ1n) is 6.45. The Morgan fingerprint density at radius 1 is 1.30 bits per heavy atom. The van der Waals surface area contributed by atoms with E-state index in [-0.39, 0.29) is 5.75 Å². The zero-order chi connectivity index (χ0) is 16.8. The van der Waals surface area contributed by atoms with Gasteiger partial charge >= 0.3 is 16.5 Å². The summed E-state index contributed by atoms with van der Waals surface area (Å²) >= 11 is 0. The van der Waals surface area contributed by atoms with Gasteiger partial charge in [-0.2, -0.15) is 12.6 Å². The summed E-state index contributed by atoms with van der Waals surface area (Å²) in [7, 11) is -3.88. The Hall–Kier alpha value is -2.07. The summed E-state index contributed by atoms with van der Waals surface area (Å²) in [5.74, 6) is -0.194. The number of fused-ring (bicyclic) bond motifs is 3. The molecule has 1 aliphatic rings. The van der Waals surface area contributed by atoms with Gasteiger partial charge in [0, 0.05) is 12.1 Å². The van der Waals surface area contributed by atoms with Gasteiger partial charge in [-0.3, -0.25) is 0 Å². The molecule has 10 heteroatoms. The van der Waals surface area contributed by atoms with Crippen molar-refractivity contribution in [2.45, 2.75) is 24.2 Å². The predicted octanol–water partition coefficient (Wildman–Crippen LogP) is 2.34. The van der Waals surface area contributed by atoms with Gasteiger partial charge in [0.1, 0.15) is 10.6 Å². The number of aromatic nitrogens is 2. The van der Waals surface area contributed by atoms with E-state index < -0.39 is 21.4 Å². The van der Waals surface area contributed by atoms with Crippen LogP contribution in [0.15, 0.2) is 29.6 Å². The molecular formula is C13H11F3N2O4S. The highest BCUT2D eigenvalue weighted by Gasteiger charge is 2.39. The van der Waals surface area contributed by atoms with Crippen LogP contribution in [0.25, 0.3) is 11.3 Å². The molecule has 0 atom stereocenters. The van der Waals surface area contributed by atoms with Crippen LogP contribution in [0.4, 0.5) is 13.2 Å². The van der Waals surface area contributed by atoms with Gasteiger partial charge < -0.3 is 9.30 Å². The van der Waals surface area contributed by atoms with E-state index in [0.717, 1.165) is 11.6 Å². The van der Waals surface area contributed by atoms with Crippen LogP contribution < -0.4 is 4.74 Å². The summed E-state index contributed by atoms with van der Waals surface area (Å²) in [5.41, 5.74) is 1.87. The summed E-state index contributed by atoms with van der Waals surface area (Å²) in [6.45, 7) is 0.636. The molecule has 0 radical (unpaired) electrons. The molecule has 1 aliphatic heterocycles. The molecule has 0 fully saturated rings. The number of ether oxygens (including phenoxy) is 1. The van der Waals surface area contributed by atoms with Gasteiger partial charge in [0.25, 0.3) is 0 Å². The lowest BCUT2D eigenvalue weighted by molar-refractivity contribution is -0.271. The highest BCUT2D eigenvalue weighted by Crippen LogP contribution is 2.38. The van der Waals surface area contributed by atoms with Crippen molar-refractivity contribution >= 4 is 10.1 Å². The highest BCUT2D eigenvalue weighted by atomic mass is 32.2. The first-order valence-corrected chi connectivity index (χ1v) is 7.86. The lowest BCUT2D eigenvalue weighted by Gasteiger charge is -2.21. The Morgan fingerprint density at radius 3 is 2.70 bits per heavy atom. The number of imidazole rings is 1. The van der Waals surface area contributed by atoms with Crippen molar-refractivity contribution in [3.8, 4) is 17.0 Å². The number of methoxy groups -OCH3 is 1. The Balaban J connectivity index is 2.17. The molecule has 6 nitrogen and oxygen atoms in total. The number of aryl methyl sites for hydroxylation is 2. The summed E-state index contributed by atoms with van der Waals surface area (Å²) in [5, 5.41) is 0. The van der Waals surface area contributed by atoms with Gasteiger partial charge in [0.15, 0.2) is 0 Å². The topological polar surface area (TPSA) is 70.4 Å². The van der Waals surface area contributed by atoms with Crippen LogP contribution in [0, 0.1) is 0 Å². The minimum Gasteiger partial charge on any atom is -0.495 e. The van der Waals surface area contributed by atoms with E-state index in [1.54, 1.807) is 10.9 Å². The molecule has 1 aromatic heterocycles. The monoisotopic (exact) mass is 348 g/mol. The molecule has 23 heavy (non-hydrogen) atoms. The maximum Gasteiger partial charge on any atom is 0.537 e. The maximum absolute atomic E-state index is 12.3. The highest BCUT2D eigenvalue weighted by molar-refractivity contribution is 7.86. The fraction of sp³-hybridized carbons (Fsp3) is 0.308. The Morgan fingerprint density at radius 2 is 2.04 bits per heavy atom. The van der Waals surface area contributed by atoms with Crippen LogP contribution >= 0.6 is 0 Å². The van der Waals surface area contributed by atoms with Gasteiger partial charge in [-0.25, -0.2) is 4.98 Å². The first-order chi connectivity index (χ1) is 10.7. The van der Waals surface area contributed by atoms with E-state index in [0.29, 0.717) is 24.2 Å². The number of alkyl halides is 3. The number of hydrogen-bond donors (Lipinski definition) is 0. The van der Waals surface area contributed by atoms with Crippen molar-refractivity contribution in [3.05, 3.63) is 30.2 Å². The molecule has 1 aromatic carbocycles. The normalized spacial score (nSPS) is 14.3. The second-order valence-corrected chi connectivity index (χ2v) is 6.38. The molecule has 0 aliphatic carbocycles. The smallest absolute Gasteiger partial charge is 0.495 e. The average Bonchev–Trinajstić information content (AvgIpc) is 2.91. The lowest BCUT2D eigenvalue weighted by Crippen LogP contribution is -2.21. The largest absolute Gasteiger partial charge is 0.537 e. The average molecular weight is 348 g/mol. The van der Waals surface area contributed by atoms with Gasteiger partial charge in [0.05, 0.1) is 25.3 Å². The molecule has 2 heterocycles. The summed E-state index contributed by atoms with van der Waals surface area (Å²) in [6, 6.07) is 2.54. The fourth-order valence-electron chi connectivity index (χ4n) is 2.54. The third-order valence-electron chi connectivity index (χ3n) is 3.47. The van der Waals surface area contributed by atoms with E-state index in [2.05, 4.69) is 9.17 Å². The Labute approximate surface area is 129 Å². The van der Waals surface area contributed by atoms with Crippen molar-refractivity contribution in [1.82, 2.24) is 9.55 Å². The van der Waals surface area contributed by atoms with Crippen LogP contribution in [0.5, 0.6) is 5.75 Å². The number of hydrogen-bond acceptors (Lipinski definition) is 5. The Kier molecular flexibility index (Phi) is 3.60. The van der Waals surface area contributed by atoms with Crippen molar-refractivity contribution < 1.29 is 30.5 Å². The van der Waals surface area contributed by atoms with E-state index >= 15 is 0 Å². The number of halogens is 3. The fourth-order valence-corrected chi connectivity index (χ4v) is 3.53. The number of nitrogens with zero attached hydrogens (tertiary/aromatic N) is 2. The van der Waals surface area contributed by atoms with Crippen molar-refractivity contribution in [2.75, 3.05) is 7.11 Å². The molecule has 0 spiro atoms. The minimum atomic E-state index is -5.32. The zero-order valence-corrected chi connectivity index (χ0v) is 12.6. The van der Waals surface area contributed by atoms with Gasteiger partial charge in [0.2, 0.25) is 0 Å². The SMILES string of the molecule is COc1cc2c(cc1S(=O)(=O)OC(F)(F)F)-c1cncn1CC2. The second kappa shape index (κ2) is 5.24. The molecule has 0 saturated carbocycles. The van der Waals surface area contributed by atoms with E-state index in [9.17, 15) is 21.6 Å². The van der Waals surface area contributed by atoms with Crippen molar-refractivity contribution in [1.29, 1.82) is 0 Å². The molecule has 3 rings (SSSR count). The van der Waals surface area contributed by atoms with Crippen LogP contribution in [0.3, 0.4) is 0 Å². The minimum absolute atomic E-state index is 0.194. The molecule has 0 amide bonds. The third kappa shape index (κ3) is 2.91. The lowest BCUT2D eigenvalue weighted by atomic mass is 9.98. The van der Waals surface area contributed by atoms with Crippen LogP contribution in [-0.4, -0.2) is 31.4 Å². The standard InChI is InChI=1S/C13H11F3N2O4S/c1-21-11-4-8-2-3-18-7-17-6-10(18)9(8)5-12(11)23(19,20)22-13(14,15)16/h4-7H,2-3H2,1H3. The molecular weight excluding hydrogens is 337 g/mol. The number of benzene rings is 1. The quantitative estimate of drug-likeness (QED) is 0.797. The van der Waals surface area contributed by atoms with Crippen molar-refractivity contribution in [2.24, 2.45) is 0 Å². The third-order valence-corrected chi connectivity index (χ3v) is 4.74. The predicted molar refractivity (Wildman–Crippen MR) is 72.2 cm³/mol. The van der Waals surface area contributed by atoms with Crippen LogP contribution in [0.1, 0.15) is 5.56 Å². The van der Waals surface area contributed by atoms with Gasteiger partial charge in [-0.05, 0) is 24.1 Å². The molecule has 2 aromatic rings. The molecule has 0 unspecified atom stereocenters. The van der Waals surface area contributed by atoms with Gasteiger partial charge in [-0.1, -0.05) is 0 Å². The summed E-state index contributed by atoms with van der Waals surface area (Å²) in [4.78, 5) is 3.29. The first kappa shape index (κ1) is 15.8. The molecule has 0 bridgehead atoms. The van der Waals surface area contributed by atoms with E-state index in [1.807, 2.05) is 0 Å². The Bertz CT molecular complexity index is 859. The second-order valence-electron chi connectivity index (χ2n) is 4.87. The van der Waals surface area contributed by atoms with E-state index in [1.165, 1.54) is 19.4 Å². The molecule has 0 N–H and O–H groups in total. The van der Waals surface area contributed by atoms with Crippen molar-refractivity contribution in [3.63, 3.8) is 0 Å². The zero-order valence-electron chi connectivity index (χ0n) is 11.8. The molecule has 124 valence electrons. The number of rotatable bonds is 3. The summed E-state index contributed by atoms with van der Waals surface area (Å²) < 4.78 is 70.9. The van der Waals surface area contributed by atoms with Crippen LogP contribution in [0.2, 0.25) is 0 Å². The summed E-state index contributed by atoms with van der Waals surface area (Å²) in [6.07, 6.45) is -1.65. The van der Waals surface area contributed by atoms with Crippen LogP contribution in [-0.2, 0) is 27.3 Å². The van der Waals surface area contributed by atoms with Gasteiger partial charge in [-0.15, -0.1) is 13.2 Å². The maximum atomic E-state index is 12.3.